The molecule has 6 nitrogen and oxygen atoms in total. The van der Waals surface area contributed by atoms with E-state index in [1.54, 1.807) is 6.07 Å². The van der Waals surface area contributed by atoms with E-state index in [-0.39, 0.29) is 11.9 Å². The van der Waals surface area contributed by atoms with Crippen LogP contribution in [0.25, 0.3) is 0 Å². The smallest absolute Gasteiger partial charge is 0.289 e. The summed E-state index contributed by atoms with van der Waals surface area (Å²) in [5.41, 5.74) is 0. The monoisotopic (exact) mass is 316 g/mol. The van der Waals surface area contributed by atoms with E-state index in [0.717, 1.165) is 37.6 Å². The largest absolute Gasteiger partial charge is 0.456 e. The molecule has 0 saturated carbocycles. The standard InChI is InChI=1S/C17H24N4O2/c1-4-13-6-7-15(23-13)17(22)21-11-10-20(5-2)14(12-21)16-18-8-9-19(16)3/h6-9,14H,4-5,10-12H2,1-3H3/t14-/m1/s1. The van der Waals surface area contributed by atoms with Crippen molar-refractivity contribution in [2.45, 2.75) is 26.3 Å². The van der Waals surface area contributed by atoms with Crippen LogP contribution in [0.5, 0.6) is 0 Å². The second-order valence-electron chi connectivity index (χ2n) is 5.91. The Morgan fingerprint density at radius 1 is 1.35 bits per heavy atom. The average molecular weight is 316 g/mol. The summed E-state index contributed by atoms with van der Waals surface area (Å²) >= 11 is 0. The quantitative estimate of drug-likeness (QED) is 0.867. The summed E-state index contributed by atoms with van der Waals surface area (Å²) in [6.45, 7) is 7.31. The normalized spacial score (nSPS) is 19.3. The molecule has 2 aromatic heterocycles. The van der Waals surface area contributed by atoms with E-state index in [0.29, 0.717) is 12.3 Å². The lowest BCUT2D eigenvalue weighted by molar-refractivity contribution is 0.0445. The van der Waals surface area contributed by atoms with Gasteiger partial charge >= 0.3 is 0 Å². The van der Waals surface area contributed by atoms with Gasteiger partial charge in [0.25, 0.3) is 5.91 Å². The molecule has 0 radical (unpaired) electrons. The number of aryl methyl sites for hydroxylation is 2. The van der Waals surface area contributed by atoms with Crippen LogP contribution >= 0.6 is 0 Å². The fraction of sp³-hybridized carbons (Fsp3) is 0.529. The third-order valence-electron chi connectivity index (χ3n) is 4.56. The number of imidazole rings is 1. The molecule has 3 heterocycles. The van der Waals surface area contributed by atoms with Gasteiger partial charge in [0.05, 0.1) is 6.04 Å². The number of carbonyl (C=O) groups is 1. The Labute approximate surface area is 136 Å². The van der Waals surface area contributed by atoms with Gasteiger partial charge in [-0.05, 0) is 18.7 Å². The van der Waals surface area contributed by atoms with Crippen LogP contribution in [0.1, 0.15) is 42.0 Å². The van der Waals surface area contributed by atoms with Crippen LogP contribution in [0, 0.1) is 0 Å². The minimum Gasteiger partial charge on any atom is -0.456 e. The lowest BCUT2D eigenvalue weighted by Gasteiger charge is -2.40. The first-order valence-electron chi connectivity index (χ1n) is 8.23. The maximum Gasteiger partial charge on any atom is 0.289 e. The molecule has 1 fully saturated rings. The molecule has 0 N–H and O–H groups in total. The summed E-state index contributed by atoms with van der Waals surface area (Å²) in [5, 5.41) is 0. The third-order valence-corrected chi connectivity index (χ3v) is 4.56. The number of carbonyl (C=O) groups excluding carboxylic acids is 1. The van der Waals surface area contributed by atoms with Crippen LogP contribution in [0.15, 0.2) is 28.9 Å². The first kappa shape index (κ1) is 15.8. The average Bonchev–Trinajstić information content (AvgIpc) is 3.22. The minimum atomic E-state index is -0.0281. The molecule has 23 heavy (non-hydrogen) atoms. The van der Waals surface area contributed by atoms with Crippen molar-refractivity contribution in [2.24, 2.45) is 7.05 Å². The zero-order valence-electron chi connectivity index (χ0n) is 14.0. The van der Waals surface area contributed by atoms with Crippen molar-refractivity contribution in [2.75, 3.05) is 26.2 Å². The molecule has 1 aliphatic rings. The Balaban J connectivity index is 1.79. The van der Waals surface area contributed by atoms with Gasteiger partial charge in [-0.2, -0.15) is 0 Å². The van der Waals surface area contributed by atoms with E-state index in [1.165, 1.54) is 0 Å². The van der Waals surface area contributed by atoms with Crippen LogP contribution in [0.2, 0.25) is 0 Å². The van der Waals surface area contributed by atoms with Crippen molar-refractivity contribution in [1.82, 2.24) is 19.4 Å². The Bertz CT molecular complexity index is 676. The fourth-order valence-electron chi connectivity index (χ4n) is 3.17. The number of nitrogens with zero attached hydrogens (tertiary/aromatic N) is 4. The molecule has 0 aliphatic carbocycles. The fourth-order valence-corrected chi connectivity index (χ4v) is 3.17. The van der Waals surface area contributed by atoms with Crippen molar-refractivity contribution in [3.63, 3.8) is 0 Å². The van der Waals surface area contributed by atoms with Gasteiger partial charge in [-0.25, -0.2) is 4.98 Å². The number of amides is 1. The lowest BCUT2D eigenvalue weighted by Crippen LogP contribution is -2.50. The van der Waals surface area contributed by atoms with Crippen LogP contribution in [-0.4, -0.2) is 51.4 Å². The molecule has 0 bridgehead atoms. The van der Waals surface area contributed by atoms with Crippen molar-refractivity contribution >= 4 is 5.91 Å². The van der Waals surface area contributed by atoms with Crippen LogP contribution in [0.3, 0.4) is 0 Å². The van der Waals surface area contributed by atoms with Gasteiger partial charge in [0.2, 0.25) is 0 Å². The molecule has 0 aromatic carbocycles. The maximum atomic E-state index is 12.7. The lowest BCUT2D eigenvalue weighted by atomic mass is 10.1. The highest BCUT2D eigenvalue weighted by atomic mass is 16.4. The molecule has 1 atom stereocenters. The topological polar surface area (TPSA) is 54.5 Å². The number of aromatic nitrogens is 2. The summed E-state index contributed by atoms with van der Waals surface area (Å²) in [6, 6.07) is 3.79. The molecule has 1 amide bonds. The number of likely N-dealkylation sites (N-methyl/N-ethyl adjacent to an activating group) is 1. The van der Waals surface area contributed by atoms with E-state index in [4.69, 9.17) is 4.42 Å². The van der Waals surface area contributed by atoms with E-state index in [9.17, 15) is 4.79 Å². The van der Waals surface area contributed by atoms with Gasteiger partial charge in [-0.1, -0.05) is 13.8 Å². The molecule has 0 spiro atoms. The van der Waals surface area contributed by atoms with Gasteiger partial charge in [0.1, 0.15) is 11.6 Å². The highest BCUT2D eigenvalue weighted by Gasteiger charge is 2.33. The summed E-state index contributed by atoms with van der Waals surface area (Å²) < 4.78 is 7.66. The van der Waals surface area contributed by atoms with Gasteiger partial charge in [-0.15, -0.1) is 0 Å². The van der Waals surface area contributed by atoms with Crippen molar-refractivity contribution < 1.29 is 9.21 Å². The third kappa shape index (κ3) is 3.03. The van der Waals surface area contributed by atoms with Gasteiger partial charge in [-0.3, -0.25) is 9.69 Å². The molecule has 1 saturated heterocycles. The van der Waals surface area contributed by atoms with Crippen molar-refractivity contribution in [3.8, 4) is 0 Å². The summed E-state index contributed by atoms with van der Waals surface area (Å²) in [5.74, 6) is 2.25. The van der Waals surface area contributed by atoms with Crippen molar-refractivity contribution in [1.29, 1.82) is 0 Å². The molecule has 3 rings (SSSR count). The minimum absolute atomic E-state index is 0.0281. The highest BCUT2D eigenvalue weighted by molar-refractivity contribution is 5.91. The van der Waals surface area contributed by atoms with Crippen LogP contribution in [0.4, 0.5) is 0 Å². The zero-order valence-corrected chi connectivity index (χ0v) is 14.0. The number of furan rings is 1. The Hall–Kier alpha value is -2.08. The Morgan fingerprint density at radius 2 is 2.17 bits per heavy atom. The Kier molecular flexibility index (Phi) is 4.52. The summed E-state index contributed by atoms with van der Waals surface area (Å²) in [6.07, 6.45) is 4.56. The molecular formula is C17H24N4O2. The number of hydrogen-bond acceptors (Lipinski definition) is 4. The second-order valence-corrected chi connectivity index (χ2v) is 5.91. The van der Waals surface area contributed by atoms with E-state index in [2.05, 4.69) is 16.8 Å². The van der Waals surface area contributed by atoms with Crippen LogP contribution < -0.4 is 0 Å². The van der Waals surface area contributed by atoms with Gasteiger partial charge < -0.3 is 13.9 Å². The number of piperazine rings is 1. The first-order valence-corrected chi connectivity index (χ1v) is 8.23. The summed E-state index contributed by atoms with van der Waals surface area (Å²) in [7, 11) is 2.00. The predicted molar refractivity (Wildman–Crippen MR) is 87.2 cm³/mol. The molecule has 1 aliphatic heterocycles. The molecular weight excluding hydrogens is 292 g/mol. The zero-order chi connectivity index (χ0) is 16.4. The van der Waals surface area contributed by atoms with E-state index >= 15 is 0 Å². The molecule has 0 unspecified atom stereocenters. The van der Waals surface area contributed by atoms with Crippen LogP contribution in [-0.2, 0) is 13.5 Å². The SMILES string of the molecule is CCc1ccc(C(=O)N2CCN(CC)[C@@H](c3nccn3C)C2)o1. The van der Waals surface area contributed by atoms with E-state index in [1.807, 2.05) is 41.9 Å². The maximum absolute atomic E-state index is 12.7. The molecule has 6 heteroatoms. The molecule has 124 valence electrons. The van der Waals surface area contributed by atoms with Crippen molar-refractivity contribution in [3.05, 3.63) is 41.9 Å². The number of hydrogen-bond donors (Lipinski definition) is 0. The van der Waals surface area contributed by atoms with Gasteiger partial charge in [0.15, 0.2) is 5.76 Å². The Morgan fingerprint density at radius 3 is 2.78 bits per heavy atom. The summed E-state index contributed by atoms with van der Waals surface area (Å²) in [4.78, 5) is 21.4. The molecule has 2 aromatic rings. The van der Waals surface area contributed by atoms with Gasteiger partial charge in [0, 0.05) is 45.5 Å². The number of rotatable bonds is 4. The predicted octanol–water partition coefficient (Wildman–Crippen LogP) is 2.09. The highest BCUT2D eigenvalue weighted by Crippen LogP contribution is 2.25. The first-order chi connectivity index (χ1) is 11.1. The van der Waals surface area contributed by atoms with E-state index < -0.39 is 0 Å². The second kappa shape index (κ2) is 6.58.